The van der Waals surface area contributed by atoms with Crippen molar-refractivity contribution in [2.45, 2.75) is 46.1 Å². The Bertz CT molecular complexity index is 335. The summed E-state index contributed by atoms with van der Waals surface area (Å²) in [5.41, 5.74) is 2.94. The Morgan fingerprint density at radius 3 is 2.29 bits per heavy atom. The van der Waals surface area contributed by atoms with Crippen molar-refractivity contribution in [3.63, 3.8) is 0 Å². The van der Waals surface area contributed by atoms with Crippen molar-refractivity contribution in [3.8, 4) is 0 Å². The molecule has 0 aliphatic heterocycles. The molecule has 1 aliphatic carbocycles. The first kappa shape index (κ1) is 12.6. The van der Waals surface area contributed by atoms with Crippen molar-refractivity contribution in [2.24, 2.45) is 11.8 Å². The monoisotopic (exact) mass is 231 g/mol. The molecule has 0 heterocycles. The smallest absolute Gasteiger partial charge is 0.0348 e. The van der Waals surface area contributed by atoms with Gasteiger partial charge in [0.05, 0.1) is 0 Å². The minimum absolute atomic E-state index is 0.591. The molecule has 1 aliphatic rings. The Hall–Kier alpha value is -0.820. The fraction of sp³-hybridized carbons (Fsp3) is 0.625. The topological polar surface area (TPSA) is 12.0 Å². The fourth-order valence-corrected chi connectivity index (χ4v) is 2.54. The van der Waals surface area contributed by atoms with E-state index in [1.165, 1.54) is 30.4 Å². The standard InChI is InChI=1S/C16H25N/c1-4-17-16(15-9-10-15)14-7-5-13(6-8-14)11-12(2)3/h5-8,12,15-17H,4,9-11H2,1-3H3. The van der Waals surface area contributed by atoms with Crippen molar-refractivity contribution >= 4 is 0 Å². The number of rotatable bonds is 6. The average molecular weight is 231 g/mol. The van der Waals surface area contributed by atoms with Gasteiger partial charge in [0, 0.05) is 6.04 Å². The summed E-state index contributed by atoms with van der Waals surface area (Å²) >= 11 is 0. The Morgan fingerprint density at radius 1 is 1.18 bits per heavy atom. The van der Waals surface area contributed by atoms with Crippen LogP contribution in [0.3, 0.4) is 0 Å². The Labute approximate surface area is 106 Å². The normalized spacial score (nSPS) is 17.4. The molecule has 0 aromatic heterocycles. The summed E-state index contributed by atoms with van der Waals surface area (Å²) in [6, 6.07) is 9.85. The zero-order valence-corrected chi connectivity index (χ0v) is 11.4. The van der Waals surface area contributed by atoms with Crippen molar-refractivity contribution in [1.82, 2.24) is 5.32 Å². The highest BCUT2D eigenvalue weighted by molar-refractivity contribution is 5.26. The molecule has 1 aromatic rings. The lowest BCUT2D eigenvalue weighted by atomic mass is 9.97. The molecular formula is C16H25N. The van der Waals surface area contributed by atoms with Gasteiger partial charge in [0.25, 0.3) is 0 Å². The van der Waals surface area contributed by atoms with E-state index in [1.54, 1.807) is 0 Å². The van der Waals surface area contributed by atoms with Gasteiger partial charge in [-0.25, -0.2) is 0 Å². The van der Waals surface area contributed by atoms with E-state index in [9.17, 15) is 0 Å². The number of benzene rings is 1. The van der Waals surface area contributed by atoms with Crippen LogP contribution in [-0.4, -0.2) is 6.54 Å². The molecular weight excluding hydrogens is 206 g/mol. The summed E-state index contributed by atoms with van der Waals surface area (Å²) < 4.78 is 0. The summed E-state index contributed by atoms with van der Waals surface area (Å²) in [6.07, 6.45) is 3.98. The second kappa shape index (κ2) is 5.68. The molecule has 1 unspecified atom stereocenters. The highest BCUT2D eigenvalue weighted by Crippen LogP contribution is 2.40. The van der Waals surface area contributed by atoms with E-state index >= 15 is 0 Å². The van der Waals surface area contributed by atoms with Gasteiger partial charge >= 0.3 is 0 Å². The van der Waals surface area contributed by atoms with Crippen molar-refractivity contribution in [3.05, 3.63) is 35.4 Å². The van der Waals surface area contributed by atoms with Gasteiger partial charge in [-0.2, -0.15) is 0 Å². The molecule has 0 amide bonds. The second-order valence-electron chi connectivity index (χ2n) is 5.71. The minimum Gasteiger partial charge on any atom is -0.310 e. The van der Waals surface area contributed by atoms with E-state index in [2.05, 4.69) is 50.4 Å². The van der Waals surface area contributed by atoms with Crippen LogP contribution >= 0.6 is 0 Å². The van der Waals surface area contributed by atoms with Gasteiger partial charge < -0.3 is 5.32 Å². The zero-order valence-electron chi connectivity index (χ0n) is 11.4. The molecule has 1 nitrogen and oxygen atoms in total. The summed E-state index contributed by atoms with van der Waals surface area (Å²) in [4.78, 5) is 0. The van der Waals surface area contributed by atoms with Gasteiger partial charge in [0.1, 0.15) is 0 Å². The van der Waals surface area contributed by atoms with Crippen molar-refractivity contribution < 1.29 is 0 Å². The van der Waals surface area contributed by atoms with Gasteiger partial charge in [0.2, 0.25) is 0 Å². The summed E-state index contributed by atoms with van der Waals surface area (Å²) in [5.74, 6) is 1.62. The summed E-state index contributed by atoms with van der Waals surface area (Å²) in [6.45, 7) is 7.82. The van der Waals surface area contributed by atoms with Gasteiger partial charge in [-0.05, 0) is 48.8 Å². The van der Waals surface area contributed by atoms with Crippen LogP contribution in [0.25, 0.3) is 0 Å². The molecule has 17 heavy (non-hydrogen) atoms. The van der Waals surface area contributed by atoms with Crippen LogP contribution < -0.4 is 5.32 Å². The number of hydrogen-bond acceptors (Lipinski definition) is 1. The molecule has 94 valence electrons. The number of nitrogens with one attached hydrogen (secondary N) is 1. The second-order valence-corrected chi connectivity index (χ2v) is 5.71. The SMILES string of the molecule is CCNC(c1ccc(CC(C)C)cc1)C1CC1. The highest BCUT2D eigenvalue weighted by Gasteiger charge is 2.31. The molecule has 1 aromatic carbocycles. The molecule has 1 N–H and O–H groups in total. The zero-order chi connectivity index (χ0) is 12.3. The summed E-state index contributed by atoms with van der Waals surface area (Å²) in [7, 11) is 0. The first-order valence-corrected chi connectivity index (χ1v) is 7.03. The van der Waals surface area contributed by atoms with Crippen LogP contribution in [0.2, 0.25) is 0 Å². The van der Waals surface area contributed by atoms with Gasteiger partial charge in [-0.1, -0.05) is 45.0 Å². The van der Waals surface area contributed by atoms with Crippen LogP contribution in [0, 0.1) is 11.8 Å². The molecule has 2 rings (SSSR count). The maximum Gasteiger partial charge on any atom is 0.0348 e. The van der Waals surface area contributed by atoms with E-state index in [4.69, 9.17) is 0 Å². The average Bonchev–Trinajstić information content (AvgIpc) is 3.10. The molecule has 1 atom stereocenters. The molecule has 0 bridgehead atoms. The predicted octanol–water partition coefficient (Wildman–Crippen LogP) is 3.95. The third kappa shape index (κ3) is 3.57. The first-order chi connectivity index (χ1) is 8.20. The molecule has 1 saturated carbocycles. The van der Waals surface area contributed by atoms with Gasteiger partial charge in [-0.3, -0.25) is 0 Å². The third-order valence-electron chi connectivity index (χ3n) is 3.50. The molecule has 1 fully saturated rings. The fourth-order valence-electron chi connectivity index (χ4n) is 2.54. The minimum atomic E-state index is 0.591. The van der Waals surface area contributed by atoms with E-state index in [0.717, 1.165) is 18.4 Å². The molecule has 0 spiro atoms. The third-order valence-corrected chi connectivity index (χ3v) is 3.50. The molecule has 1 heteroatoms. The largest absolute Gasteiger partial charge is 0.310 e. The Morgan fingerprint density at radius 2 is 1.82 bits per heavy atom. The van der Waals surface area contributed by atoms with Crippen LogP contribution in [0.15, 0.2) is 24.3 Å². The van der Waals surface area contributed by atoms with Crippen LogP contribution in [0.1, 0.15) is 50.8 Å². The maximum absolute atomic E-state index is 3.62. The van der Waals surface area contributed by atoms with E-state index in [0.29, 0.717) is 6.04 Å². The first-order valence-electron chi connectivity index (χ1n) is 7.03. The van der Waals surface area contributed by atoms with Crippen molar-refractivity contribution in [1.29, 1.82) is 0 Å². The van der Waals surface area contributed by atoms with Crippen LogP contribution in [0.5, 0.6) is 0 Å². The lowest BCUT2D eigenvalue weighted by Gasteiger charge is -2.18. The number of hydrogen-bond donors (Lipinski definition) is 1. The van der Waals surface area contributed by atoms with E-state index < -0.39 is 0 Å². The maximum atomic E-state index is 3.62. The highest BCUT2D eigenvalue weighted by atomic mass is 14.9. The lowest BCUT2D eigenvalue weighted by Crippen LogP contribution is -2.22. The molecule has 0 saturated heterocycles. The van der Waals surface area contributed by atoms with Gasteiger partial charge in [-0.15, -0.1) is 0 Å². The quantitative estimate of drug-likeness (QED) is 0.782. The summed E-state index contributed by atoms with van der Waals surface area (Å²) in [5, 5.41) is 3.62. The Balaban J connectivity index is 2.04. The van der Waals surface area contributed by atoms with Crippen molar-refractivity contribution in [2.75, 3.05) is 6.54 Å². The molecule has 0 radical (unpaired) electrons. The van der Waals surface area contributed by atoms with Crippen LogP contribution in [-0.2, 0) is 6.42 Å². The van der Waals surface area contributed by atoms with E-state index in [-0.39, 0.29) is 0 Å². The van der Waals surface area contributed by atoms with Gasteiger partial charge in [0.15, 0.2) is 0 Å². The lowest BCUT2D eigenvalue weighted by molar-refractivity contribution is 0.496. The predicted molar refractivity (Wildman–Crippen MR) is 74.1 cm³/mol. The van der Waals surface area contributed by atoms with E-state index in [1.807, 2.05) is 0 Å². The Kier molecular flexibility index (Phi) is 4.22. The van der Waals surface area contributed by atoms with Crippen LogP contribution in [0.4, 0.5) is 0 Å².